The maximum Gasteiger partial charge on any atom is 0.416 e. The van der Waals surface area contributed by atoms with Crippen LogP contribution in [0.4, 0.5) is 32.0 Å². The quantitative estimate of drug-likeness (QED) is 0.0923. The highest BCUT2D eigenvalue weighted by Gasteiger charge is 2.55. The Morgan fingerprint density at radius 3 is 2.04 bits per heavy atom. The Kier molecular flexibility index (Phi) is 14.4. The smallest absolute Gasteiger partial charge is 0.416 e. The molecule has 0 radical (unpaired) electrons. The molecule has 2 unspecified atom stereocenters. The molecule has 11 heteroatoms. The lowest BCUT2D eigenvalue weighted by atomic mass is 9.72. The van der Waals surface area contributed by atoms with Gasteiger partial charge in [0.15, 0.2) is 5.60 Å². The van der Waals surface area contributed by atoms with Crippen LogP contribution in [0.3, 0.4) is 0 Å². The number of carbonyl (C=O) groups is 1. The molecule has 7 aromatic rings. The van der Waals surface area contributed by atoms with E-state index in [9.17, 15) is 18.0 Å². The zero-order valence-electron chi connectivity index (χ0n) is 45.9. The minimum atomic E-state index is -5.09. The molecule has 0 saturated heterocycles. The van der Waals surface area contributed by atoms with E-state index in [0.29, 0.717) is 79.1 Å². The Morgan fingerprint density at radius 2 is 1.41 bits per heavy atom. The van der Waals surface area contributed by atoms with E-state index in [0.717, 1.165) is 33.7 Å². The lowest BCUT2D eigenvalue weighted by molar-refractivity contribution is -0.161. The molecule has 80 heavy (non-hydrogen) atoms. The van der Waals surface area contributed by atoms with Gasteiger partial charge >= 0.3 is 12.4 Å². The van der Waals surface area contributed by atoms with Gasteiger partial charge in [0.1, 0.15) is 17.2 Å². The second kappa shape index (κ2) is 21.2. The van der Waals surface area contributed by atoms with Crippen molar-refractivity contribution in [3.63, 3.8) is 0 Å². The zero-order valence-corrected chi connectivity index (χ0v) is 45.9. The summed E-state index contributed by atoms with van der Waals surface area (Å²) in [5.41, 5.74) is 4.98. The number of aryl methyl sites for hydroxylation is 1. The molecule has 5 nitrogen and oxygen atoms in total. The van der Waals surface area contributed by atoms with E-state index in [1.54, 1.807) is 33.1 Å². The molecule has 0 spiro atoms. The number of methoxy groups -OCH3 is 2. The number of rotatable bonds is 13. The van der Waals surface area contributed by atoms with E-state index < -0.39 is 41.3 Å². The van der Waals surface area contributed by atoms with Gasteiger partial charge in [-0.3, -0.25) is 4.79 Å². The summed E-state index contributed by atoms with van der Waals surface area (Å²) in [4.78, 5) is 13.8. The molecule has 11 rings (SSSR count). The van der Waals surface area contributed by atoms with E-state index >= 15 is 13.2 Å². The minimum Gasteiger partial charge on any atom is -0.497 e. The van der Waals surface area contributed by atoms with E-state index in [1.807, 2.05) is 116 Å². The number of unbranched alkanes of at least 4 members (excludes halogenated alkanes) is 2. The molecule has 412 valence electrons. The molecule has 1 aliphatic heterocycles. The number of alkyl halides is 6. The maximum atomic E-state index is 15.3. The highest BCUT2D eigenvalue weighted by Crippen LogP contribution is 2.63. The summed E-state index contributed by atoms with van der Waals surface area (Å²) in [5.74, 6) is 0.130. The Morgan fingerprint density at radius 1 is 0.738 bits per heavy atom. The monoisotopic (exact) mass is 1090 g/mol. The minimum absolute atomic E-state index is 0.00380. The summed E-state index contributed by atoms with van der Waals surface area (Å²) in [6, 6.07) is 42.4. The van der Waals surface area contributed by atoms with Crippen molar-refractivity contribution < 1.29 is 45.3 Å². The van der Waals surface area contributed by atoms with Gasteiger partial charge in [0.2, 0.25) is 0 Å². The van der Waals surface area contributed by atoms with Crippen LogP contribution in [0.1, 0.15) is 134 Å². The highest BCUT2D eigenvalue weighted by atomic mass is 19.4. The number of ether oxygens (including phenoxy) is 3. The third-order valence-electron chi connectivity index (χ3n) is 17.4. The summed E-state index contributed by atoms with van der Waals surface area (Å²) >= 11 is 0. The molecule has 3 aliphatic carbocycles. The first-order valence-corrected chi connectivity index (χ1v) is 27.9. The Bertz CT molecular complexity index is 3580. The first-order valence-electron chi connectivity index (χ1n) is 27.9. The predicted octanol–water partition coefficient (Wildman–Crippen LogP) is 19.1. The fourth-order valence-electron chi connectivity index (χ4n) is 13.3. The molecule has 0 bridgehead atoms. The van der Waals surface area contributed by atoms with Gasteiger partial charge in [-0.1, -0.05) is 144 Å². The number of halogens is 6. The van der Waals surface area contributed by atoms with Crippen LogP contribution in [-0.4, -0.2) is 32.5 Å². The number of nitrogens with one attached hydrogen (secondary N) is 1. The number of amides is 1. The molecule has 1 fully saturated rings. The molecular weight excluding hydrogens is 1020 g/mol. The Labute approximate surface area is 464 Å². The van der Waals surface area contributed by atoms with Crippen LogP contribution in [-0.2, 0) is 11.0 Å². The van der Waals surface area contributed by atoms with Crippen molar-refractivity contribution in [2.45, 2.75) is 115 Å². The highest BCUT2D eigenvalue weighted by molar-refractivity contribution is 6.09. The van der Waals surface area contributed by atoms with Gasteiger partial charge in [0.05, 0.1) is 25.7 Å². The van der Waals surface area contributed by atoms with Gasteiger partial charge in [-0.15, -0.1) is 0 Å². The molecular formula is C69H65F6NO4. The van der Waals surface area contributed by atoms with Crippen LogP contribution < -0.4 is 19.5 Å². The van der Waals surface area contributed by atoms with Crippen LogP contribution >= 0.6 is 0 Å². The first kappa shape index (κ1) is 54.4. The average Bonchev–Trinajstić information content (AvgIpc) is 3.97. The van der Waals surface area contributed by atoms with Crippen LogP contribution in [0.15, 0.2) is 157 Å². The molecule has 1 heterocycles. The predicted molar refractivity (Wildman–Crippen MR) is 307 cm³/mol. The topological polar surface area (TPSA) is 56.8 Å². The van der Waals surface area contributed by atoms with Crippen molar-refractivity contribution in [3.8, 4) is 39.5 Å². The molecule has 1 amide bonds. The van der Waals surface area contributed by atoms with Crippen LogP contribution in [0.25, 0.3) is 44.7 Å². The SMILES string of the molecule is CCCCCC1CCC(c2ccc(-c3ccc(C(=O)Nc4ccc(-c5cc6c7c(c8c(c6cc5OC)OC(c5ccccc5)(c5ccc(OC)cc5)C=C8)C(C)(C)C5=C7CC(C(F)(F)F)C=C5C(F)(F)F)c(C)c4)cc3)cc2)CC1. The molecule has 7 aromatic carbocycles. The summed E-state index contributed by atoms with van der Waals surface area (Å²) in [6.07, 6.45) is 3.74. The maximum absolute atomic E-state index is 15.3. The normalized spacial score (nSPS) is 20.4. The van der Waals surface area contributed by atoms with E-state index in [4.69, 9.17) is 14.2 Å². The Hall–Kier alpha value is -7.53. The van der Waals surface area contributed by atoms with Gasteiger partial charge in [0.25, 0.3) is 5.91 Å². The van der Waals surface area contributed by atoms with E-state index in [2.05, 4.69) is 36.5 Å². The van der Waals surface area contributed by atoms with Crippen molar-refractivity contribution in [2.24, 2.45) is 11.8 Å². The van der Waals surface area contributed by atoms with Gasteiger partial charge in [-0.25, -0.2) is 0 Å². The number of allylic oxidation sites excluding steroid dienone is 4. The third kappa shape index (κ3) is 9.89. The van der Waals surface area contributed by atoms with Gasteiger partial charge in [-0.2, -0.15) is 26.3 Å². The molecule has 1 N–H and O–H groups in total. The van der Waals surface area contributed by atoms with Crippen molar-refractivity contribution >= 4 is 34.0 Å². The van der Waals surface area contributed by atoms with Crippen molar-refractivity contribution in [3.05, 3.63) is 201 Å². The second-order valence-corrected chi connectivity index (χ2v) is 22.7. The average molecular weight is 1090 g/mol. The summed E-state index contributed by atoms with van der Waals surface area (Å²) < 4.78 is 110. The lowest BCUT2D eigenvalue weighted by Crippen LogP contribution is -2.35. The number of benzene rings is 7. The number of fused-ring (bicyclic) bond motifs is 7. The molecule has 4 aliphatic rings. The number of anilines is 1. The number of carbonyl (C=O) groups excluding carboxylic acids is 1. The zero-order chi connectivity index (χ0) is 56.3. The van der Waals surface area contributed by atoms with Gasteiger partial charge in [0, 0.05) is 44.3 Å². The largest absolute Gasteiger partial charge is 0.497 e. The number of hydrogen-bond acceptors (Lipinski definition) is 4. The van der Waals surface area contributed by atoms with Crippen LogP contribution in [0.2, 0.25) is 0 Å². The molecule has 1 saturated carbocycles. The summed E-state index contributed by atoms with van der Waals surface area (Å²) in [7, 11) is 3.09. The Balaban J connectivity index is 0.950. The van der Waals surface area contributed by atoms with E-state index in [1.165, 1.54) is 64.0 Å². The van der Waals surface area contributed by atoms with Crippen molar-refractivity contribution in [2.75, 3.05) is 19.5 Å². The first-order chi connectivity index (χ1) is 38.3. The van der Waals surface area contributed by atoms with Crippen molar-refractivity contribution in [1.29, 1.82) is 0 Å². The third-order valence-corrected chi connectivity index (χ3v) is 17.4. The summed E-state index contributed by atoms with van der Waals surface area (Å²) in [5, 5.41) is 3.90. The summed E-state index contributed by atoms with van der Waals surface area (Å²) in [6.45, 7) is 7.44. The van der Waals surface area contributed by atoms with Crippen LogP contribution in [0.5, 0.6) is 17.2 Å². The van der Waals surface area contributed by atoms with Crippen LogP contribution in [0, 0.1) is 18.8 Å². The standard InChI is InChI=1S/C69H65F6NO4/c1-7-8-10-13-42-16-18-43(19-17-42)44-20-22-45(23-21-44)46-24-26-47(27-25-46)65(77)76-51-30-33-53(41(2)36-51)55-39-56-57(40-60(55)79-6)64-54(34-35-67(80-64,48-14-11-9-12-15-48)49-28-31-52(78-5)32-29-49)63-61(56)58-37-50(68(70,71)72)38-59(69(73,74)75)62(58)66(63,3)4/h9,11-12,14-15,20-36,38-40,42-43,50H,7-8,10,13,16-19,37H2,1-6H3,(H,76,77). The van der Waals surface area contributed by atoms with Gasteiger partial charge < -0.3 is 19.5 Å². The second-order valence-electron chi connectivity index (χ2n) is 22.7. The number of hydrogen-bond donors (Lipinski definition) is 1. The van der Waals surface area contributed by atoms with Gasteiger partial charge in [-0.05, 0) is 161 Å². The van der Waals surface area contributed by atoms with Crippen molar-refractivity contribution in [1.82, 2.24) is 0 Å². The van der Waals surface area contributed by atoms with E-state index in [-0.39, 0.29) is 17.1 Å². The lowest BCUT2D eigenvalue weighted by Gasteiger charge is -2.39. The molecule has 2 atom stereocenters. The molecule has 0 aromatic heterocycles. The fourth-order valence-corrected chi connectivity index (χ4v) is 13.3. The fraction of sp³-hybridized carbons (Fsp3) is 0.319.